The lowest BCUT2D eigenvalue weighted by Gasteiger charge is -2.33. The molecule has 0 aliphatic heterocycles. The van der Waals surface area contributed by atoms with Gasteiger partial charge in [-0.2, -0.15) is 4.31 Å². The summed E-state index contributed by atoms with van der Waals surface area (Å²) in [5.74, 6) is 0.331. The number of rotatable bonds is 15. The molecule has 0 aromatic heterocycles. The van der Waals surface area contributed by atoms with E-state index in [0.29, 0.717) is 30.0 Å². The zero-order valence-electron chi connectivity index (χ0n) is 25.8. The molecule has 0 saturated carbocycles. The summed E-state index contributed by atoms with van der Waals surface area (Å²) in [6.07, 6.45) is 1.60. The largest absolute Gasteiger partial charge is 0.493 e. The van der Waals surface area contributed by atoms with Crippen molar-refractivity contribution in [1.82, 2.24) is 14.5 Å². The number of benzene rings is 4. The van der Waals surface area contributed by atoms with Crippen LogP contribution in [0.25, 0.3) is 0 Å². The number of hydrogen-bond acceptors (Lipinski definition) is 6. The molecule has 0 fully saturated rings. The van der Waals surface area contributed by atoms with E-state index in [0.717, 1.165) is 27.3 Å². The van der Waals surface area contributed by atoms with Crippen molar-refractivity contribution in [3.8, 4) is 11.5 Å². The summed E-state index contributed by atoms with van der Waals surface area (Å²) in [5, 5.41) is 3.00. The van der Waals surface area contributed by atoms with Crippen molar-refractivity contribution >= 4 is 21.8 Å². The lowest BCUT2D eigenvalue weighted by atomic mass is 10.0. The van der Waals surface area contributed by atoms with Gasteiger partial charge in [0.2, 0.25) is 21.8 Å². The highest BCUT2D eigenvalue weighted by atomic mass is 32.2. The van der Waals surface area contributed by atoms with Crippen LogP contribution in [-0.4, -0.2) is 63.0 Å². The molecule has 0 radical (unpaired) electrons. The fourth-order valence-electron chi connectivity index (χ4n) is 4.99. The predicted molar refractivity (Wildman–Crippen MR) is 174 cm³/mol. The van der Waals surface area contributed by atoms with E-state index < -0.39 is 28.5 Å². The molecule has 0 bridgehead atoms. The SMILES string of the molecule is COc1ccc(CCNC(=O)[C@@H](c2ccccc2)N(Cc2ccccc2)C(=O)CN(Cc2ccccc2)S(C)(=O)=O)cc1OC. The van der Waals surface area contributed by atoms with E-state index in [1.54, 1.807) is 26.4 Å². The molecule has 0 heterocycles. The molecule has 1 N–H and O–H groups in total. The van der Waals surface area contributed by atoms with Gasteiger partial charge in [0.05, 0.1) is 27.0 Å². The molecule has 0 saturated heterocycles. The van der Waals surface area contributed by atoms with Crippen LogP contribution < -0.4 is 14.8 Å². The van der Waals surface area contributed by atoms with Crippen LogP contribution in [0.1, 0.15) is 28.3 Å². The quantitative estimate of drug-likeness (QED) is 0.206. The molecule has 236 valence electrons. The summed E-state index contributed by atoms with van der Waals surface area (Å²) in [4.78, 5) is 29.6. The van der Waals surface area contributed by atoms with Crippen molar-refractivity contribution in [2.45, 2.75) is 25.6 Å². The molecule has 9 nitrogen and oxygen atoms in total. The maximum atomic E-state index is 14.2. The van der Waals surface area contributed by atoms with E-state index in [1.807, 2.05) is 97.1 Å². The van der Waals surface area contributed by atoms with Gasteiger partial charge in [-0.3, -0.25) is 9.59 Å². The van der Waals surface area contributed by atoms with Crippen molar-refractivity contribution in [3.05, 3.63) is 131 Å². The second-order valence-electron chi connectivity index (χ2n) is 10.6. The first kappa shape index (κ1) is 33.2. The fourth-order valence-corrected chi connectivity index (χ4v) is 5.72. The Bertz CT molecular complexity index is 1650. The van der Waals surface area contributed by atoms with E-state index in [1.165, 1.54) is 4.90 Å². The highest BCUT2D eigenvalue weighted by Crippen LogP contribution is 2.28. The minimum atomic E-state index is -3.76. The van der Waals surface area contributed by atoms with Crippen LogP contribution in [0, 0.1) is 0 Å². The summed E-state index contributed by atoms with van der Waals surface area (Å²) in [7, 11) is -0.628. The molecule has 2 amide bonds. The van der Waals surface area contributed by atoms with Gasteiger partial charge in [0.15, 0.2) is 11.5 Å². The van der Waals surface area contributed by atoms with Crippen molar-refractivity contribution < 1.29 is 27.5 Å². The molecule has 10 heteroatoms. The molecule has 45 heavy (non-hydrogen) atoms. The average Bonchev–Trinajstić information content (AvgIpc) is 3.05. The Kier molecular flexibility index (Phi) is 11.7. The van der Waals surface area contributed by atoms with Crippen molar-refractivity contribution in [1.29, 1.82) is 0 Å². The third-order valence-corrected chi connectivity index (χ3v) is 8.53. The number of amides is 2. The normalized spacial score (nSPS) is 11.9. The molecule has 1 atom stereocenters. The Morgan fingerprint density at radius 2 is 1.29 bits per heavy atom. The standard InChI is InChI=1S/C35H39N3O6S/c1-43-31-20-19-27(23-32(31)44-2)21-22-36-35(40)34(30-17-11-6-12-18-30)38(25-29-15-9-5-10-16-29)33(39)26-37(45(3,41)42)24-28-13-7-4-8-14-28/h4-20,23,34H,21-22,24-26H2,1-3H3,(H,36,40)/t34-/m1/s1. The van der Waals surface area contributed by atoms with Crippen LogP contribution in [0.2, 0.25) is 0 Å². The Morgan fingerprint density at radius 1 is 0.733 bits per heavy atom. The van der Waals surface area contributed by atoms with Crippen molar-refractivity contribution in [3.63, 3.8) is 0 Å². The number of hydrogen-bond donors (Lipinski definition) is 1. The Balaban J connectivity index is 1.62. The zero-order chi connectivity index (χ0) is 32.2. The van der Waals surface area contributed by atoms with Gasteiger partial charge in [-0.05, 0) is 40.8 Å². The summed E-state index contributed by atoms with van der Waals surface area (Å²) >= 11 is 0. The third-order valence-electron chi connectivity index (χ3n) is 7.33. The lowest BCUT2D eigenvalue weighted by Crippen LogP contribution is -2.48. The van der Waals surface area contributed by atoms with Gasteiger partial charge in [0.1, 0.15) is 6.04 Å². The molecule has 0 aliphatic rings. The monoisotopic (exact) mass is 629 g/mol. The van der Waals surface area contributed by atoms with Gasteiger partial charge in [0.25, 0.3) is 0 Å². The van der Waals surface area contributed by atoms with Crippen molar-refractivity contribution in [2.75, 3.05) is 33.6 Å². The second kappa shape index (κ2) is 15.9. The molecule has 0 unspecified atom stereocenters. The number of carbonyl (C=O) groups excluding carboxylic acids is 2. The number of sulfonamides is 1. The molecule has 0 spiro atoms. The van der Waals surface area contributed by atoms with E-state index in [9.17, 15) is 18.0 Å². The summed E-state index contributed by atoms with van der Waals surface area (Å²) in [5.41, 5.74) is 3.10. The fraction of sp³-hybridized carbons (Fsp3) is 0.257. The topological polar surface area (TPSA) is 105 Å². The molecule has 4 aromatic carbocycles. The number of ether oxygens (including phenoxy) is 2. The maximum Gasteiger partial charge on any atom is 0.247 e. The summed E-state index contributed by atoms with van der Waals surface area (Å²) in [6.45, 7) is 0.000687. The lowest BCUT2D eigenvalue weighted by molar-refractivity contribution is -0.141. The molecule has 0 aliphatic carbocycles. The van der Waals surface area contributed by atoms with Gasteiger partial charge in [-0.15, -0.1) is 0 Å². The number of methoxy groups -OCH3 is 2. The van der Waals surface area contributed by atoms with Gasteiger partial charge < -0.3 is 19.7 Å². The van der Waals surface area contributed by atoms with Gasteiger partial charge in [-0.25, -0.2) is 8.42 Å². The minimum absolute atomic E-state index is 0.0259. The van der Waals surface area contributed by atoms with Gasteiger partial charge >= 0.3 is 0 Å². The van der Waals surface area contributed by atoms with Crippen LogP contribution in [0.15, 0.2) is 109 Å². The Morgan fingerprint density at radius 3 is 1.84 bits per heavy atom. The van der Waals surface area contributed by atoms with E-state index in [2.05, 4.69) is 5.32 Å². The summed E-state index contributed by atoms with van der Waals surface area (Å²) in [6, 6.07) is 32.0. The van der Waals surface area contributed by atoms with E-state index in [-0.39, 0.29) is 19.0 Å². The highest BCUT2D eigenvalue weighted by Gasteiger charge is 2.33. The van der Waals surface area contributed by atoms with Gasteiger partial charge in [-0.1, -0.05) is 97.1 Å². The van der Waals surface area contributed by atoms with Crippen LogP contribution in [-0.2, 0) is 39.1 Å². The minimum Gasteiger partial charge on any atom is -0.493 e. The number of carbonyl (C=O) groups is 2. The second-order valence-corrected chi connectivity index (χ2v) is 12.5. The Hall–Kier alpha value is -4.67. The molecule has 4 rings (SSSR count). The number of nitrogens with one attached hydrogen (secondary N) is 1. The molecule has 4 aromatic rings. The van der Waals surface area contributed by atoms with Crippen LogP contribution in [0.5, 0.6) is 11.5 Å². The smallest absolute Gasteiger partial charge is 0.247 e. The molecular formula is C35H39N3O6S. The number of nitrogens with zero attached hydrogens (tertiary/aromatic N) is 2. The van der Waals surface area contributed by atoms with Gasteiger partial charge in [0, 0.05) is 19.6 Å². The van der Waals surface area contributed by atoms with Crippen molar-refractivity contribution in [2.24, 2.45) is 0 Å². The van der Waals surface area contributed by atoms with Crippen LogP contribution in [0.4, 0.5) is 0 Å². The Labute approximate surface area is 265 Å². The highest BCUT2D eigenvalue weighted by molar-refractivity contribution is 7.88. The first-order chi connectivity index (χ1) is 21.7. The first-order valence-corrected chi connectivity index (χ1v) is 16.4. The van der Waals surface area contributed by atoms with Crippen LogP contribution >= 0.6 is 0 Å². The van der Waals surface area contributed by atoms with Crippen LogP contribution in [0.3, 0.4) is 0 Å². The zero-order valence-corrected chi connectivity index (χ0v) is 26.6. The van der Waals surface area contributed by atoms with E-state index >= 15 is 0 Å². The average molecular weight is 630 g/mol. The maximum absolute atomic E-state index is 14.2. The first-order valence-electron chi connectivity index (χ1n) is 14.6. The van der Waals surface area contributed by atoms with E-state index in [4.69, 9.17) is 9.47 Å². The summed E-state index contributed by atoms with van der Waals surface area (Å²) < 4.78 is 37.6. The predicted octanol–water partition coefficient (Wildman–Crippen LogP) is 4.59. The third kappa shape index (κ3) is 9.41. The molecular weight excluding hydrogens is 590 g/mol.